The summed E-state index contributed by atoms with van der Waals surface area (Å²) < 4.78 is 0. The number of hydrogen-bond donors (Lipinski definition) is 1. The molecule has 1 heterocycles. The van der Waals surface area contributed by atoms with Crippen molar-refractivity contribution in [3.63, 3.8) is 0 Å². The second-order valence-electron chi connectivity index (χ2n) is 5.47. The van der Waals surface area contributed by atoms with Gasteiger partial charge in [0.15, 0.2) is 0 Å². The molecule has 1 aliphatic heterocycles. The first-order valence-electron chi connectivity index (χ1n) is 7.44. The van der Waals surface area contributed by atoms with E-state index in [0.29, 0.717) is 0 Å². The van der Waals surface area contributed by atoms with Gasteiger partial charge in [-0.05, 0) is 5.56 Å². The van der Waals surface area contributed by atoms with Crippen molar-refractivity contribution in [3.05, 3.63) is 35.9 Å². The van der Waals surface area contributed by atoms with Crippen molar-refractivity contribution >= 4 is 23.6 Å². The summed E-state index contributed by atoms with van der Waals surface area (Å²) in [6.45, 7) is 1.82. The van der Waals surface area contributed by atoms with Crippen LogP contribution in [0.4, 0.5) is 0 Å². The van der Waals surface area contributed by atoms with Crippen molar-refractivity contribution in [2.24, 2.45) is 0 Å². The summed E-state index contributed by atoms with van der Waals surface area (Å²) in [6.07, 6.45) is 0. The SMILES string of the molecule is CN(C)C(=O)CNC(=O)C(c1ccccc1)N1CCSCC1. The molecule has 1 aromatic rings. The van der Waals surface area contributed by atoms with Crippen LogP contribution in [0.5, 0.6) is 0 Å². The van der Waals surface area contributed by atoms with E-state index in [0.717, 1.165) is 30.2 Å². The maximum Gasteiger partial charge on any atom is 0.242 e. The van der Waals surface area contributed by atoms with E-state index >= 15 is 0 Å². The van der Waals surface area contributed by atoms with Gasteiger partial charge >= 0.3 is 0 Å². The van der Waals surface area contributed by atoms with E-state index < -0.39 is 0 Å². The van der Waals surface area contributed by atoms with Crippen LogP contribution in [0.25, 0.3) is 0 Å². The Kier molecular flexibility index (Phi) is 6.27. The van der Waals surface area contributed by atoms with Crippen LogP contribution in [0, 0.1) is 0 Å². The van der Waals surface area contributed by atoms with E-state index in [9.17, 15) is 9.59 Å². The van der Waals surface area contributed by atoms with Crippen LogP contribution in [-0.4, -0.2) is 66.8 Å². The second kappa shape index (κ2) is 8.19. The lowest BCUT2D eigenvalue weighted by atomic mass is 10.0. The molecule has 1 N–H and O–H groups in total. The van der Waals surface area contributed by atoms with Gasteiger partial charge in [-0.3, -0.25) is 14.5 Å². The van der Waals surface area contributed by atoms with Crippen LogP contribution in [0.1, 0.15) is 11.6 Å². The van der Waals surface area contributed by atoms with Gasteiger partial charge in [0, 0.05) is 38.7 Å². The van der Waals surface area contributed by atoms with Gasteiger partial charge in [0.05, 0.1) is 6.54 Å². The summed E-state index contributed by atoms with van der Waals surface area (Å²) >= 11 is 1.91. The first kappa shape index (κ1) is 16.8. The average molecular weight is 321 g/mol. The van der Waals surface area contributed by atoms with Crippen molar-refractivity contribution in [1.82, 2.24) is 15.1 Å². The lowest BCUT2D eigenvalue weighted by Gasteiger charge is -2.33. The summed E-state index contributed by atoms with van der Waals surface area (Å²) in [6, 6.07) is 9.45. The largest absolute Gasteiger partial charge is 0.347 e. The Bertz CT molecular complexity index is 501. The van der Waals surface area contributed by atoms with Gasteiger partial charge in [-0.25, -0.2) is 0 Å². The Morgan fingerprint density at radius 2 is 1.86 bits per heavy atom. The van der Waals surface area contributed by atoms with Gasteiger partial charge in [-0.2, -0.15) is 11.8 Å². The first-order valence-corrected chi connectivity index (χ1v) is 8.59. The summed E-state index contributed by atoms with van der Waals surface area (Å²) in [4.78, 5) is 28.0. The zero-order valence-electron chi connectivity index (χ0n) is 13.1. The molecule has 1 atom stereocenters. The van der Waals surface area contributed by atoms with Crippen molar-refractivity contribution in [1.29, 1.82) is 0 Å². The predicted octanol–water partition coefficient (Wildman–Crippen LogP) is 0.981. The normalized spacial score (nSPS) is 16.8. The Hall–Kier alpha value is -1.53. The zero-order chi connectivity index (χ0) is 15.9. The Morgan fingerprint density at radius 1 is 1.23 bits per heavy atom. The molecular formula is C16H23N3O2S. The molecule has 0 aromatic heterocycles. The molecule has 1 unspecified atom stereocenters. The van der Waals surface area contributed by atoms with Crippen molar-refractivity contribution in [3.8, 4) is 0 Å². The topological polar surface area (TPSA) is 52.7 Å². The number of benzene rings is 1. The lowest BCUT2D eigenvalue weighted by Crippen LogP contribution is -2.46. The number of carbonyl (C=O) groups is 2. The molecule has 0 bridgehead atoms. The van der Waals surface area contributed by atoms with E-state index in [4.69, 9.17) is 0 Å². The van der Waals surface area contributed by atoms with Crippen LogP contribution < -0.4 is 5.32 Å². The first-order chi connectivity index (χ1) is 10.6. The highest BCUT2D eigenvalue weighted by molar-refractivity contribution is 7.99. The standard InChI is InChI=1S/C16H23N3O2S/c1-18(2)14(20)12-17-16(21)15(13-6-4-3-5-7-13)19-8-10-22-11-9-19/h3-7,15H,8-12H2,1-2H3,(H,17,21). The van der Waals surface area contributed by atoms with E-state index in [1.54, 1.807) is 14.1 Å². The molecule has 0 saturated carbocycles. The molecule has 1 aromatic carbocycles. The highest BCUT2D eigenvalue weighted by Gasteiger charge is 2.28. The highest BCUT2D eigenvalue weighted by Crippen LogP contribution is 2.24. The van der Waals surface area contributed by atoms with Gasteiger partial charge in [-0.15, -0.1) is 0 Å². The van der Waals surface area contributed by atoms with E-state index in [1.165, 1.54) is 4.90 Å². The fourth-order valence-electron chi connectivity index (χ4n) is 2.42. The van der Waals surface area contributed by atoms with Gasteiger partial charge in [0.2, 0.25) is 11.8 Å². The van der Waals surface area contributed by atoms with Crippen LogP contribution in [0.2, 0.25) is 0 Å². The Labute approximate surface area is 136 Å². The van der Waals surface area contributed by atoms with Crippen molar-refractivity contribution in [2.75, 3.05) is 45.2 Å². The molecule has 1 fully saturated rings. The highest BCUT2D eigenvalue weighted by atomic mass is 32.2. The average Bonchev–Trinajstić information content (AvgIpc) is 2.54. The Morgan fingerprint density at radius 3 is 2.45 bits per heavy atom. The van der Waals surface area contributed by atoms with Crippen LogP contribution >= 0.6 is 11.8 Å². The lowest BCUT2D eigenvalue weighted by molar-refractivity contribution is -0.133. The smallest absolute Gasteiger partial charge is 0.242 e. The third kappa shape index (κ3) is 4.48. The fraction of sp³-hybridized carbons (Fsp3) is 0.500. The van der Waals surface area contributed by atoms with Gasteiger partial charge in [-0.1, -0.05) is 30.3 Å². The Balaban J connectivity index is 2.10. The molecule has 0 spiro atoms. The minimum atomic E-state index is -0.322. The number of amides is 2. The molecule has 22 heavy (non-hydrogen) atoms. The third-order valence-corrected chi connectivity index (χ3v) is 4.63. The van der Waals surface area contributed by atoms with Crippen LogP contribution in [-0.2, 0) is 9.59 Å². The maximum absolute atomic E-state index is 12.6. The minimum Gasteiger partial charge on any atom is -0.347 e. The maximum atomic E-state index is 12.6. The summed E-state index contributed by atoms with van der Waals surface area (Å²) in [5, 5.41) is 2.78. The predicted molar refractivity (Wildman–Crippen MR) is 89.8 cm³/mol. The van der Waals surface area contributed by atoms with Crippen LogP contribution in [0.3, 0.4) is 0 Å². The monoisotopic (exact) mass is 321 g/mol. The molecule has 2 rings (SSSR count). The molecule has 1 saturated heterocycles. The summed E-state index contributed by atoms with van der Waals surface area (Å²) in [5.41, 5.74) is 0.976. The molecule has 0 radical (unpaired) electrons. The van der Waals surface area contributed by atoms with Gasteiger partial charge in [0.25, 0.3) is 0 Å². The molecule has 2 amide bonds. The van der Waals surface area contributed by atoms with Crippen molar-refractivity contribution in [2.45, 2.75) is 6.04 Å². The quantitative estimate of drug-likeness (QED) is 0.878. The molecule has 0 aliphatic carbocycles. The number of nitrogens with one attached hydrogen (secondary N) is 1. The molecule has 6 heteroatoms. The fourth-order valence-corrected chi connectivity index (χ4v) is 3.35. The van der Waals surface area contributed by atoms with Crippen LogP contribution in [0.15, 0.2) is 30.3 Å². The minimum absolute atomic E-state index is 0.0394. The van der Waals surface area contributed by atoms with E-state index in [-0.39, 0.29) is 24.4 Å². The van der Waals surface area contributed by atoms with Gasteiger partial charge in [0.1, 0.15) is 6.04 Å². The molecule has 120 valence electrons. The third-order valence-electron chi connectivity index (χ3n) is 3.69. The summed E-state index contributed by atoms with van der Waals surface area (Å²) in [7, 11) is 3.37. The number of hydrogen-bond acceptors (Lipinski definition) is 4. The number of nitrogens with zero attached hydrogens (tertiary/aromatic N) is 2. The zero-order valence-corrected chi connectivity index (χ0v) is 13.9. The number of rotatable bonds is 5. The number of thioether (sulfide) groups is 1. The number of likely N-dealkylation sites (N-methyl/N-ethyl adjacent to an activating group) is 1. The summed E-state index contributed by atoms with van der Waals surface area (Å²) in [5.74, 6) is 1.86. The van der Waals surface area contributed by atoms with E-state index in [2.05, 4.69) is 10.2 Å². The van der Waals surface area contributed by atoms with Gasteiger partial charge < -0.3 is 10.2 Å². The number of carbonyl (C=O) groups excluding carboxylic acids is 2. The molecule has 1 aliphatic rings. The van der Waals surface area contributed by atoms with Crippen molar-refractivity contribution < 1.29 is 9.59 Å². The molecule has 5 nitrogen and oxygen atoms in total. The molecular weight excluding hydrogens is 298 g/mol. The van der Waals surface area contributed by atoms with E-state index in [1.807, 2.05) is 42.1 Å². The second-order valence-corrected chi connectivity index (χ2v) is 6.69.